The zero-order valence-corrected chi connectivity index (χ0v) is 16.2. The zero-order chi connectivity index (χ0) is 20.5. The van der Waals surface area contributed by atoms with E-state index < -0.39 is 0 Å². The van der Waals surface area contributed by atoms with E-state index in [0.717, 1.165) is 5.56 Å². The van der Waals surface area contributed by atoms with Crippen molar-refractivity contribution in [1.29, 1.82) is 0 Å². The van der Waals surface area contributed by atoms with E-state index in [9.17, 15) is 9.59 Å². The Labute approximate surface area is 170 Å². The second-order valence-corrected chi connectivity index (χ2v) is 6.50. The topological polar surface area (TPSA) is 70.7 Å². The number of rotatable bonds is 7. The summed E-state index contributed by atoms with van der Waals surface area (Å²) in [7, 11) is 1.73. The van der Waals surface area contributed by atoms with Crippen molar-refractivity contribution in [2.24, 2.45) is 0 Å². The van der Waals surface area contributed by atoms with Gasteiger partial charge in [0.05, 0.1) is 0 Å². The second-order valence-electron chi connectivity index (χ2n) is 6.50. The summed E-state index contributed by atoms with van der Waals surface area (Å²) >= 11 is 0. The molecule has 148 valence electrons. The van der Waals surface area contributed by atoms with Crippen LogP contribution < -0.4 is 15.4 Å². The lowest BCUT2D eigenvalue weighted by Crippen LogP contribution is -2.30. The molecule has 0 heterocycles. The quantitative estimate of drug-likeness (QED) is 0.630. The first-order valence-corrected chi connectivity index (χ1v) is 9.24. The number of hydrogen-bond donors (Lipinski definition) is 2. The Morgan fingerprint density at radius 3 is 2.21 bits per heavy atom. The van der Waals surface area contributed by atoms with E-state index in [-0.39, 0.29) is 18.5 Å². The van der Waals surface area contributed by atoms with Crippen LogP contribution in [0.15, 0.2) is 84.9 Å². The van der Waals surface area contributed by atoms with Crippen LogP contribution >= 0.6 is 0 Å². The molecule has 3 aromatic carbocycles. The predicted molar refractivity (Wildman–Crippen MR) is 114 cm³/mol. The molecule has 29 heavy (non-hydrogen) atoms. The number of hydrogen-bond acceptors (Lipinski definition) is 3. The summed E-state index contributed by atoms with van der Waals surface area (Å²) in [5.41, 5.74) is 2.35. The van der Waals surface area contributed by atoms with E-state index in [1.807, 2.05) is 48.5 Å². The van der Waals surface area contributed by atoms with Crippen molar-refractivity contribution in [2.75, 3.05) is 24.3 Å². The maximum absolute atomic E-state index is 12.4. The molecule has 3 amide bonds. The number of nitrogens with one attached hydrogen (secondary N) is 2. The Hall–Kier alpha value is -3.80. The number of anilines is 2. The fourth-order valence-electron chi connectivity index (χ4n) is 2.68. The van der Waals surface area contributed by atoms with Gasteiger partial charge in [-0.15, -0.1) is 0 Å². The predicted octanol–water partition coefficient (Wildman–Crippen LogP) is 4.37. The normalized spacial score (nSPS) is 10.1. The fourth-order valence-corrected chi connectivity index (χ4v) is 2.68. The molecule has 0 radical (unpaired) electrons. The molecule has 2 N–H and O–H groups in total. The molecule has 0 aromatic heterocycles. The molecular weight excluding hydrogens is 366 g/mol. The van der Waals surface area contributed by atoms with Gasteiger partial charge < -0.3 is 20.3 Å². The highest BCUT2D eigenvalue weighted by molar-refractivity contribution is 5.92. The lowest BCUT2D eigenvalue weighted by Gasteiger charge is -2.18. The third kappa shape index (κ3) is 6.39. The van der Waals surface area contributed by atoms with Crippen LogP contribution in [0.25, 0.3) is 0 Å². The maximum Gasteiger partial charge on any atom is 0.321 e. The summed E-state index contributed by atoms with van der Waals surface area (Å²) in [6.07, 6.45) is 0. The minimum Gasteiger partial charge on any atom is -0.484 e. The Kier molecular flexibility index (Phi) is 6.84. The van der Waals surface area contributed by atoms with Gasteiger partial charge in [0.1, 0.15) is 5.75 Å². The Morgan fingerprint density at radius 2 is 1.48 bits per heavy atom. The Bertz CT molecular complexity index is 946. The number of benzene rings is 3. The molecule has 0 saturated heterocycles. The molecule has 0 bridgehead atoms. The van der Waals surface area contributed by atoms with Crippen molar-refractivity contribution >= 4 is 23.3 Å². The van der Waals surface area contributed by atoms with Crippen LogP contribution in [0.4, 0.5) is 16.2 Å². The number of carbonyl (C=O) groups is 2. The first-order chi connectivity index (χ1) is 14.1. The third-order valence-corrected chi connectivity index (χ3v) is 4.12. The zero-order valence-electron chi connectivity index (χ0n) is 16.2. The SMILES string of the molecule is CN(Cc1ccccc1)C(=O)Nc1cccc(OCC(=O)Nc2ccccc2)c1. The molecule has 0 unspecified atom stereocenters. The average molecular weight is 389 g/mol. The summed E-state index contributed by atoms with van der Waals surface area (Å²) in [6.45, 7) is 0.378. The molecule has 3 rings (SSSR count). The van der Waals surface area contributed by atoms with E-state index in [4.69, 9.17) is 4.74 Å². The van der Waals surface area contributed by atoms with Gasteiger partial charge in [0.15, 0.2) is 6.61 Å². The van der Waals surface area contributed by atoms with E-state index in [2.05, 4.69) is 10.6 Å². The van der Waals surface area contributed by atoms with Crippen LogP contribution in [-0.2, 0) is 11.3 Å². The average Bonchev–Trinajstić information content (AvgIpc) is 2.74. The van der Waals surface area contributed by atoms with Crippen LogP contribution in [-0.4, -0.2) is 30.5 Å². The minimum atomic E-state index is -0.256. The maximum atomic E-state index is 12.4. The number of nitrogens with zero attached hydrogens (tertiary/aromatic N) is 1. The van der Waals surface area contributed by atoms with Crippen LogP contribution in [0, 0.1) is 0 Å². The van der Waals surface area contributed by atoms with Crippen LogP contribution in [0.3, 0.4) is 0 Å². The summed E-state index contributed by atoms with van der Waals surface area (Å²) in [6, 6.07) is 25.7. The smallest absolute Gasteiger partial charge is 0.321 e. The summed E-state index contributed by atoms with van der Waals surface area (Å²) in [5.74, 6) is 0.241. The highest BCUT2D eigenvalue weighted by atomic mass is 16.5. The molecule has 6 heteroatoms. The molecule has 0 saturated carbocycles. The van der Waals surface area contributed by atoms with Gasteiger partial charge in [-0.1, -0.05) is 54.6 Å². The van der Waals surface area contributed by atoms with Gasteiger partial charge in [0, 0.05) is 31.0 Å². The number of urea groups is 1. The van der Waals surface area contributed by atoms with Gasteiger partial charge in [-0.3, -0.25) is 4.79 Å². The van der Waals surface area contributed by atoms with Crippen molar-refractivity contribution in [3.05, 3.63) is 90.5 Å². The fraction of sp³-hybridized carbons (Fsp3) is 0.130. The largest absolute Gasteiger partial charge is 0.484 e. The van der Waals surface area contributed by atoms with Gasteiger partial charge in [-0.2, -0.15) is 0 Å². The Morgan fingerprint density at radius 1 is 0.828 bits per heavy atom. The molecule has 3 aromatic rings. The number of carbonyl (C=O) groups excluding carboxylic acids is 2. The first-order valence-electron chi connectivity index (χ1n) is 9.24. The lowest BCUT2D eigenvalue weighted by molar-refractivity contribution is -0.118. The molecule has 6 nitrogen and oxygen atoms in total. The highest BCUT2D eigenvalue weighted by Crippen LogP contribution is 2.18. The molecular formula is C23H23N3O3. The third-order valence-electron chi connectivity index (χ3n) is 4.12. The molecule has 0 aliphatic carbocycles. The number of amides is 3. The molecule has 0 aliphatic heterocycles. The molecule has 0 atom stereocenters. The van der Waals surface area contributed by atoms with Crippen molar-refractivity contribution in [3.8, 4) is 5.75 Å². The van der Waals surface area contributed by atoms with Crippen molar-refractivity contribution in [1.82, 2.24) is 4.90 Å². The van der Waals surface area contributed by atoms with Gasteiger partial charge >= 0.3 is 6.03 Å². The lowest BCUT2D eigenvalue weighted by atomic mass is 10.2. The van der Waals surface area contributed by atoms with Gasteiger partial charge in [0.2, 0.25) is 0 Å². The van der Waals surface area contributed by atoms with E-state index in [1.165, 1.54) is 0 Å². The van der Waals surface area contributed by atoms with Gasteiger partial charge in [0.25, 0.3) is 5.91 Å². The molecule has 0 spiro atoms. The summed E-state index contributed by atoms with van der Waals surface area (Å²) in [4.78, 5) is 26.0. The van der Waals surface area contributed by atoms with E-state index >= 15 is 0 Å². The van der Waals surface area contributed by atoms with E-state index in [0.29, 0.717) is 23.7 Å². The second kappa shape index (κ2) is 9.94. The van der Waals surface area contributed by atoms with Crippen LogP contribution in [0.1, 0.15) is 5.56 Å². The molecule has 0 aliphatic rings. The van der Waals surface area contributed by atoms with Crippen molar-refractivity contribution < 1.29 is 14.3 Å². The van der Waals surface area contributed by atoms with Gasteiger partial charge in [-0.25, -0.2) is 4.79 Å². The standard InChI is InChI=1S/C23H23N3O3/c1-26(16-18-9-4-2-5-10-18)23(28)25-20-13-8-14-21(15-20)29-17-22(27)24-19-11-6-3-7-12-19/h2-15H,16-17H2,1H3,(H,24,27)(H,25,28). The van der Waals surface area contributed by atoms with Crippen LogP contribution in [0.2, 0.25) is 0 Å². The van der Waals surface area contributed by atoms with E-state index in [1.54, 1.807) is 48.3 Å². The van der Waals surface area contributed by atoms with Crippen molar-refractivity contribution in [3.63, 3.8) is 0 Å². The summed E-state index contributed by atoms with van der Waals surface area (Å²) < 4.78 is 5.54. The summed E-state index contributed by atoms with van der Waals surface area (Å²) in [5, 5.41) is 5.59. The monoisotopic (exact) mass is 389 g/mol. The van der Waals surface area contributed by atoms with Gasteiger partial charge in [-0.05, 0) is 29.8 Å². The molecule has 0 fully saturated rings. The first kappa shape index (κ1) is 19.9. The van der Waals surface area contributed by atoms with Crippen LogP contribution in [0.5, 0.6) is 5.75 Å². The Balaban J connectivity index is 1.51. The number of para-hydroxylation sites is 1. The van der Waals surface area contributed by atoms with Crippen molar-refractivity contribution in [2.45, 2.75) is 6.54 Å². The minimum absolute atomic E-state index is 0.125. The number of ether oxygens (including phenoxy) is 1. The highest BCUT2D eigenvalue weighted by Gasteiger charge is 2.10.